The molecule has 0 unspecified atom stereocenters. The van der Waals surface area contributed by atoms with Crippen LogP contribution in [0.1, 0.15) is 39.0 Å². The summed E-state index contributed by atoms with van der Waals surface area (Å²) in [6.07, 6.45) is 0. The predicted octanol–water partition coefficient (Wildman–Crippen LogP) is 4.79. The van der Waals surface area contributed by atoms with Gasteiger partial charge in [0.1, 0.15) is 11.6 Å². The van der Waals surface area contributed by atoms with Crippen molar-refractivity contribution in [3.8, 4) is 5.69 Å². The molecule has 0 aliphatic heterocycles. The first-order valence-corrected chi connectivity index (χ1v) is 11.0. The van der Waals surface area contributed by atoms with Gasteiger partial charge in [-0.1, -0.05) is 23.9 Å². The van der Waals surface area contributed by atoms with Gasteiger partial charge in [-0.3, -0.25) is 19.0 Å². The van der Waals surface area contributed by atoms with Crippen LogP contribution in [0.3, 0.4) is 0 Å². The molecule has 0 saturated carbocycles. The number of nitrogens with zero attached hydrogens (tertiary/aromatic N) is 2. The minimum Gasteiger partial charge on any atom is -0.355 e. The lowest BCUT2D eigenvalue weighted by atomic mass is 10.1. The number of thioether (sulfide) groups is 1. The lowest BCUT2D eigenvalue weighted by molar-refractivity contribution is 0.101. The topological polar surface area (TPSA) is 84.8 Å². The molecule has 0 fully saturated rings. The van der Waals surface area contributed by atoms with Crippen LogP contribution in [0.25, 0.3) is 16.6 Å². The largest absolute Gasteiger partial charge is 0.355 e. The number of fused-ring (bicyclic) bond motifs is 1. The van der Waals surface area contributed by atoms with E-state index in [1.165, 1.54) is 6.92 Å². The summed E-state index contributed by atoms with van der Waals surface area (Å²) in [5, 5.41) is 0.351. The van der Waals surface area contributed by atoms with Gasteiger partial charge in [-0.25, -0.2) is 13.8 Å². The Hall–Kier alpha value is -3.59. The molecule has 0 atom stereocenters. The Morgan fingerprint density at radius 2 is 1.85 bits per heavy atom. The summed E-state index contributed by atoms with van der Waals surface area (Å²) in [6.45, 7) is 4.84. The van der Waals surface area contributed by atoms with Crippen LogP contribution in [0.2, 0.25) is 0 Å². The number of hydrogen-bond acceptors (Lipinski definition) is 5. The van der Waals surface area contributed by atoms with E-state index in [0.717, 1.165) is 28.5 Å². The number of para-hydroxylation sites is 1. The maximum absolute atomic E-state index is 14.6. The van der Waals surface area contributed by atoms with Gasteiger partial charge in [0, 0.05) is 17.3 Å². The van der Waals surface area contributed by atoms with Crippen molar-refractivity contribution >= 4 is 34.2 Å². The van der Waals surface area contributed by atoms with E-state index in [1.807, 2.05) is 0 Å². The normalized spacial score (nSPS) is 11.2. The molecule has 33 heavy (non-hydrogen) atoms. The lowest BCUT2D eigenvalue weighted by Crippen LogP contribution is -2.23. The summed E-state index contributed by atoms with van der Waals surface area (Å²) in [4.78, 5) is 45.4. The summed E-state index contributed by atoms with van der Waals surface area (Å²) in [6, 6.07) is 9.48. The minimum atomic E-state index is -0.927. The molecular weight excluding hydrogens is 448 g/mol. The van der Waals surface area contributed by atoms with E-state index in [1.54, 1.807) is 38.1 Å². The van der Waals surface area contributed by atoms with Crippen LogP contribution in [0, 0.1) is 25.5 Å². The molecule has 9 heteroatoms. The highest BCUT2D eigenvalue weighted by Crippen LogP contribution is 2.25. The fourth-order valence-electron chi connectivity index (χ4n) is 3.84. The van der Waals surface area contributed by atoms with Crippen LogP contribution >= 0.6 is 11.8 Å². The molecule has 4 aromatic rings. The summed E-state index contributed by atoms with van der Waals surface area (Å²) in [5.41, 5.74) is 1.61. The first-order chi connectivity index (χ1) is 15.7. The predicted molar refractivity (Wildman–Crippen MR) is 123 cm³/mol. The summed E-state index contributed by atoms with van der Waals surface area (Å²) in [7, 11) is 0. The van der Waals surface area contributed by atoms with Gasteiger partial charge in [0.2, 0.25) is 0 Å². The Labute approximate surface area is 191 Å². The van der Waals surface area contributed by atoms with Gasteiger partial charge in [-0.05, 0) is 50.6 Å². The van der Waals surface area contributed by atoms with Gasteiger partial charge in [0.15, 0.2) is 16.7 Å². The van der Waals surface area contributed by atoms with Crippen molar-refractivity contribution in [2.24, 2.45) is 0 Å². The molecule has 0 saturated heterocycles. The lowest BCUT2D eigenvalue weighted by Gasteiger charge is -2.13. The Morgan fingerprint density at radius 3 is 2.52 bits per heavy atom. The van der Waals surface area contributed by atoms with E-state index in [4.69, 9.17) is 0 Å². The zero-order valence-electron chi connectivity index (χ0n) is 18.0. The Bertz CT molecular complexity index is 1490. The molecule has 0 amide bonds. The zero-order chi connectivity index (χ0) is 23.9. The van der Waals surface area contributed by atoms with Crippen molar-refractivity contribution in [3.05, 3.63) is 87.0 Å². The monoisotopic (exact) mass is 467 g/mol. The molecule has 1 N–H and O–H groups in total. The van der Waals surface area contributed by atoms with Crippen LogP contribution in [0.5, 0.6) is 0 Å². The van der Waals surface area contributed by atoms with Crippen molar-refractivity contribution < 1.29 is 18.4 Å². The number of rotatable bonds is 6. The maximum atomic E-state index is 14.6. The number of benzene rings is 2. The van der Waals surface area contributed by atoms with E-state index >= 15 is 0 Å². The standard InChI is InChI=1S/C24H19F2N3O3S/c1-12-21(14(3)30)13(2)27-22(12)20(31)11-33-24-28-18-7-5-4-6-16(18)23(32)29(24)19-9-8-15(25)10-17(19)26/h4-10,27H,11H2,1-3H3. The summed E-state index contributed by atoms with van der Waals surface area (Å²) < 4.78 is 29.1. The number of H-pyrrole nitrogens is 1. The Kier molecular flexibility index (Phi) is 5.99. The number of halogens is 2. The number of aromatic nitrogens is 3. The minimum absolute atomic E-state index is 0.0882. The quantitative estimate of drug-likeness (QED) is 0.250. The van der Waals surface area contributed by atoms with Gasteiger partial charge < -0.3 is 4.98 Å². The molecule has 2 aromatic heterocycles. The number of Topliss-reactive ketones (excluding diaryl/α,β-unsaturated/α-hetero) is 2. The first kappa shape index (κ1) is 22.6. The highest BCUT2D eigenvalue weighted by molar-refractivity contribution is 7.99. The third-order valence-corrected chi connectivity index (χ3v) is 6.23. The number of ketones is 2. The number of carbonyl (C=O) groups is 2. The van der Waals surface area contributed by atoms with Crippen LogP contribution < -0.4 is 5.56 Å². The fourth-order valence-corrected chi connectivity index (χ4v) is 4.72. The average molecular weight is 467 g/mol. The Morgan fingerprint density at radius 1 is 1.12 bits per heavy atom. The summed E-state index contributed by atoms with van der Waals surface area (Å²) >= 11 is 0.956. The molecule has 2 aromatic carbocycles. The highest BCUT2D eigenvalue weighted by atomic mass is 32.2. The fraction of sp³-hybridized carbons (Fsp3) is 0.167. The second-order valence-electron chi connectivity index (χ2n) is 7.54. The molecule has 0 radical (unpaired) electrons. The van der Waals surface area contributed by atoms with Crippen LogP contribution in [0.4, 0.5) is 8.78 Å². The van der Waals surface area contributed by atoms with Gasteiger partial charge in [0.25, 0.3) is 5.56 Å². The van der Waals surface area contributed by atoms with Crippen molar-refractivity contribution in [1.29, 1.82) is 0 Å². The van der Waals surface area contributed by atoms with Crippen molar-refractivity contribution in [2.45, 2.75) is 25.9 Å². The number of aryl methyl sites for hydroxylation is 1. The van der Waals surface area contributed by atoms with Gasteiger partial charge >= 0.3 is 0 Å². The van der Waals surface area contributed by atoms with Crippen LogP contribution in [-0.2, 0) is 0 Å². The van der Waals surface area contributed by atoms with E-state index in [2.05, 4.69) is 9.97 Å². The smallest absolute Gasteiger partial charge is 0.266 e. The molecule has 4 rings (SSSR count). The highest BCUT2D eigenvalue weighted by Gasteiger charge is 2.22. The van der Waals surface area contributed by atoms with Crippen molar-refractivity contribution in [1.82, 2.24) is 14.5 Å². The van der Waals surface area contributed by atoms with Gasteiger partial charge in [-0.15, -0.1) is 0 Å². The number of nitrogens with one attached hydrogen (secondary N) is 1. The third-order valence-electron chi connectivity index (χ3n) is 5.30. The average Bonchev–Trinajstić information content (AvgIpc) is 3.07. The molecule has 0 aliphatic carbocycles. The maximum Gasteiger partial charge on any atom is 0.266 e. The molecule has 2 heterocycles. The number of carbonyl (C=O) groups excluding carboxylic acids is 2. The molecule has 0 bridgehead atoms. The SMILES string of the molecule is CC(=O)c1c(C)[nH]c(C(=O)CSc2nc3ccccc3c(=O)n2-c2ccc(F)cc2F)c1C. The van der Waals surface area contributed by atoms with Crippen LogP contribution in [0.15, 0.2) is 52.4 Å². The van der Waals surface area contributed by atoms with Crippen molar-refractivity contribution in [2.75, 3.05) is 5.75 Å². The third kappa shape index (κ3) is 4.11. The first-order valence-electron chi connectivity index (χ1n) is 10.0. The number of aromatic amines is 1. The summed E-state index contributed by atoms with van der Waals surface area (Å²) in [5.74, 6) is -2.27. The molecular formula is C24H19F2N3O3S. The zero-order valence-corrected chi connectivity index (χ0v) is 18.8. The Balaban J connectivity index is 1.78. The number of hydrogen-bond donors (Lipinski definition) is 1. The molecule has 0 spiro atoms. The second-order valence-corrected chi connectivity index (χ2v) is 8.48. The molecule has 0 aliphatic rings. The van der Waals surface area contributed by atoms with E-state index in [9.17, 15) is 23.2 Å². The van der Waals surface area contributed by atoms with Gasteiger partial charge in [0.05, 0.1) is 28.0 Å². The van der Waals surface area contributed by atoms with Gasteiger partial charge in [-0.2, -0.15) is 0 Å². The molecule has 168 valence electrons. The molecule has 6 nitrogen and oxygen atoms in total. The van der Waals surface area contributed by atoms with E-state index in [0.29, 0.717) is 34.1 Å². The van der Waals surface area contributed by atoms with E-state index in [-0.39, 0.29) is 33.5 Å². The van der Waals surface area contributed by atoms with Crippen LogP contribution in [-0.4, -0.2) is 31.9 Å². The van der Waals surface area contributed by atoms with Crippen molar-refractivity contribution in [3.63, 3.8) is 0 Å². The van der Waals surface area contributed by atoms with E-state index < -0.39 is 17.2 Å². The second kappa shape index (κ2) is 8.74.